The first-order valence-corrected chi connectivity index (χ1v) is 19.2. The summed E-state index contributed by atoms with van der Waals surface area (Å²) in [5.41, 5.74) is 13.3. The first-order chi connectivity index (χ1) is 28.7. The molecule has 3 heterocycles. The monoisotopic (exact) mass is 744 g/mol. The molecule has 0 spiro atoms. The highest BCUT2D eigenvalue weighted by atomic mass is 16.3. The number of nitrogens with zero attached hydrogens (tertiary/aromatic N) is 4. The van der Waals surface area contributed by atoms with Crippen LogP contribution in [0.3, 0.4) is 0 Å². The molecule has 11 aromatic rings. The lowest BCUT2D eigenvalue weighted by Gasteiger charge is -2.08. The molecule has 3 aromatic heterocycles. The SMILES string of the molecule is c1ccc(-c2cccc(-c3cccc(-c4nc5ccc(-c6ccc7oc8c(-c9nc(-c%10ccccc%10)nc(-c%10ccccc%10)n9)cccc8c7c6)cc5o4)c3)c2)cc1. The van der Waals surface area contributed by atoms with Crippen molar-refractivity contribution in [2.75, 3.05) is 0 Å². The minimum atomic E-state index is 0.551. The van der Waals surface area contributed by atoms with Crippen LogP contribution in [0.2, 0.25) is 0 Å². The molecule has 0 radical (unpaired) electrons. The van der Waals surface area contributed by atoms with Crippen LogP contribution in [-0.2, 0) is 0 Å². The van der Waals surface area contributed by atoms with Gasteiger partial charge < -0.3 is 8.83 Å². The fraction of sp³-hybridized carbons (Fsp3) is 0. The Morgan fingerprint density at radius 2 is 0.810 bits per heavy atom. The van der Waals surface area contributed by atoms with E-state index in [1.807, 2.05) is 97.1 Å². The zero-order valence-electron chi connectivity index (χ0n) is 31.1. The van der Waals surface area contributed by atoms with E-state index in [9.17, 15) is 0 Å². The van der Waals surface area contributed by atoms with Crippen molar-refractivity contribution in [1.82, 2.24) is 19.9 Å². The van der Waals surface area contributed by atoms with Gasteiger partial charge in [-0.05, 0) is 81.9 Å². The Morgan fingerprint density at radius 1 is 0.293 bits per heavy atom. The number of benzene rings is 8. The molecule has 0 unspecified atom stereocenters. The molecular weight excluding hydrogens is 713 g/mol. The highest BCUT2D eigenvalue weighted by molar-refractivity contribution is 6.10. The van der Waals surface area contributed by atoms with Crippen molar-refractivity contribution in [3.63, 3.8) is 0 Å². The van der Waals surface area contributed by atoms with Crippen LogP contribution < -0.4 is 0 Å². The predicted molar refractivity (Wildman–Crippen MR) is 233 cm³/mol. The van der Waals surface area contributed by atoms with Crippen molar-refractivity contribution >= 4 is 33.0 Å². The van der Waals surface area contributed by atoms with Crippen LogP contribution in [0.1, 0.15) is 0 Å². The van der Waals surface area contributed by atoms with Gasteiger partial charge in [0.25, 0.3) is 0 Å². The van der Waals surface area contributed by atoms with Crippen LogP contribution in [0.25, 0.3) is 112 Å². The molecule has 272 valence electrons. The van der Waals surface area contributed by atoms with E-state index in [4.69, 9.17) is 28.8 Å². The van der Waals surface area contributed by atoms with E-state index in [1.165, 1.54) is 11.1 Å². The van der Waals surface area contributed by atoms with Crippen LogP contribution in [0.15, 0.2) is 203 Å². The van der Waals surface area contributed by atoms with Gasteiger partial charge in [0.1, 0.15) is 16.7 Å². The summed E-state index contributed by atoms with van der Waals surface area (Å²) < 4.78 is 13.0. The summed E-state index contributed by atoms with van der Waals surface area (Å²) in [6, 6.07) is 66.0. The molecule has 6 heteroatoms. The third kappa shape index (κ3) is 6.10. The summed E-state index contributed by atoms with van der Waals surface area (Å²) >= 11 is 0. The van der Waals surface area contributed by atoms with Gasteiger partial charge in [-0.15, -0.1) is 0 Å². The van der Waals surface area contributed by atoms with E-state index in [-0.39, 0.29) is 0 Å². The first-order valence-electron chi connectivity index (χ1n) is 19.2. The maximum Gasteiger partial charge on any atom is 0.227 e. The number of oxazole rings is 1. The van der Waals surface area contributed by atoms with Gasteiger partial charge in [0.2, 0.25) is 5.89 Å². The first kappa shape index (κ1) is 33.4. The lowest BCUT2D eigenvalue weighted by Crippen LogP contribution is -2.00. The molecule has 0 bridgehead atoms. The average Bonchev–Trinajstić information content (AvgIpc) is 3.91. The van der Waals surface area contributed by atoms with Gasteiger partial charge in [0.05, 0.1) is 5.56 Å². The molecule has 0 amide bonds. The van der Waals surface area contributed by atoms with Crippen LogP contribution in [-0.4, -0.2) is 19.9 Å². The standard InChI is InChI=1S/C52H32N4O2/c1-4-13-33(14-5-1)36-19-10-20-37(29-36)38-21-11-22-41(30-38)52-53-45-27-25-40(32-47(45)58-52)39-26-28-46-44(31-39)42-23-12-24-43(48(42)57-46)51-55-49(34-15-6-2-7-16-34)54-50(56-51)35-17-8-3-9-18-35/h1-32H. The number of aromatic nitrogens is 4. The Bertz CT molecular complexity index is 3220. The second-order valence-electron chi connectivity index (χ2n) is 14.3. The van der Waals surface area contributed by atoms with E-state index in [1.54, 1.807) is 0 Å². The largest absolute Gasteiger partial charge is 0.455 e. The summed E-state index contributed by atoms with van der Waals surface area (Å²) in [4.78, 5) is 19.7. The van der Waals surface area contributed by atoms with Crippen LogP contribution in [0, 0.1) is 0 Å². The average molecular weight is 745 g/mol. The summed E-state index contributed by atoms with van der Waals surface area (Å²) in [5.74, 6) is 2.34. The Kier molecular flexibility index (Phi) is 8.04. The molecule has 11 rings (SSSR count). The molecule has 0 N–H and O–H groups in total. The molecule has 8 aromatic carbocycles. The number of fused-ring (bicyclic) bond motifs is 4. The van der Waals surface area contributed by atoms with Crippen molar-refractivity contribution in [3.8, 4) is 79.0 Å². The minimum absolute atomic E-state index is 0.551. The van der Waals surface area contributed by atoms with Crippen LogP contribution in [0.4, 0.5) is 0 Å². The third-order valence-electron chi connectivity index (χ3n) is 10.6. The molecule has 0 saturated heterocycles. The van der Waals surface area contributed by atoms with E-state index >= 15 is 0 Å². The van der Waals surface area contributed by atoms with Crippen LogP contribution in [0.5, 0.6) is 0 Å². The van der Waals surface area contributed by atoms with Gasteiger partial charge in [-0.1, -0.05) is 146 Å². The predicted octanol–water partition coefficient (Wildman–Crippen LogP) is 13.6. The molecule has 0 fully saturated rings. The highest BCUT2D eigenvalue weighted by Gasteiger charge is 2.19. The topological polar surface area (TPSA) is 77.8 Å². The molecule has 0 aliphatic rings. The third-order valence-corrected chi connectivity index (χ3v) is 10.6. The van der Waals surface area contributed by atoms with E-state index in [0.29, 0.717) is 23.4 Å². The van der Waals surface area contributed by atoms with Gasteiger partial charge in [0.15, 0.2) is 23.1 Å². The molecule has 6 nitrogen and oxygen atoms in total. The molecule has 0 saturated carbocycles. The number of hydrogen-bond donors (Lipinski definition) is 0. The Balaban J connectivity index is 0.943. The van der Waals surface area contributed by atoms with E-state index in [0.717, 1.165) is 77.5 Å². The summed E-state index contributed by atoms with van der Waals surface area (Å²) in [6.45, 7) is 0. The number of hydrogen-bond acceptors (Lipinski definition) is 6. The summed E-state index contributed by atoms with van der Waals surface area (Å²) in [7, 11) is 0. The lowest BCUT2D eigenvalue weighted by molar-refractivity contribution is 0.620. The van der Waals surface area contributed by atoms with Gasteiger partial charge >= 0.3 is 0 Å². The fourth-order valence-corrected chi connectivity index (χ4v) is 7.65. The quantitative estimate of drug-likeness (QED) is 0.162. The Morgan fingerprint density at radius 3 is 1.50 bits per heavy atom. The Labute approximate surface area is 333 Å². The minimum Gasteiger partial charge on any atom is -0.455 e. The van der Waals surface area contributed by atoms with Crippen LogP contribution >= 0.6 is 0 Å². The van der Waals surface area contributed by atoms with Gasteiger partial charge in [0, 0.05) is 27.5 Å². The fourth-order valence-electron chi connectivity index (χ4n) is 7.65. The van der Waals surface area contributed by atoms with Crippen molar-refractivity contribution in [1.29, 1.82) is 0 Å². The molecule has 58 heavy (non-hydrogen) atoms. The van der Waals surface area contributed by atoms with E-state index < -0.39 is 0 Å². The van der Waals surface area contributed by atoms with Crippen molar-refractivity contribution in [2.45, 2.75) is 0 Å². The molecular formula is C52H32N4O2. The number of rotatable bonds is 7. The van der Waals surface area contributed by atoms with Crippen molar-refractivity contribution in [2.24, 2.45) is 0 Å². The molecule has 0 atom stereocenters. The zero-order chi connectivity index (χ0) is 38.4. The second-order valence-corrected chi connectivity index (χ2v) is 14.3. The molecule has 0 aliphatic carbocycles. The lowest BCUT2D eigenvalue weighted by atomic mass is 9.98. The number of para-hydroxylation sites is 1. The summed E-state index contributed by atoms with van der Waals surface area (Å²) in [5, 5.41) is 1.98. The molecule has 0 aliphatic heterocycles. The maximum atomic E-state index is 6.58. The zero-order valence-corrected chi connectivity index (χ0v) is 31.1. The second kappa shape index (κ2) is 14.0. The highest BCUT2D eigenvalue weighted by Crippen LogP contribution is 2.39. The maximum absolute atomic E-state index is 6.58. The van der Waals surface area contributed by atoms with E-state index in [2.05, 4.69) is 97.1 Å². The normalized spacial score (nSPS) is 11.4. The van der Waals surface area contributed by atoms with Crippen molar-refractivity contribution < 1.29 is 8.83 Å². The van der Waals surface area contributed by atoms with Gasteiger partial charge in [-0.25, -0.2) is 19.9 Å². The Hall–Kier alpha value is -7.96. The smallest absolute Gasteiger partial charge is 0.227 e. The summed E-state index contributed by atoms with van der Waals surface area (Å²) in [6.07, 6.45) is 0. The number of furan rings is 1. The van der Waals surface area contributed by atoms with Gasteiger partial charge in [-0.2, -0.15) is 0 Å². The van der Waals surface area contributed by atoms with Gasteiger partial charge in [-0.3, -0.25) is 0 Å². The van der Waals surface area contributed by atoms with Crippen molar-refractivity contribution in [3.05, 3.63) is 194 Å².